The summed E-state index contributed by atoms with van der Waals surface area (Å²) < 4.78 is 14.3. The smallest absolute Gasteiger partial charge is 0.225 e. The van der Waals surface area contributed by atoms with Gasteiger partial charge >= 0.3 is 0 Å². The standard InChI is InChI=1S/C24H31FN4O/c1-16(2)22-26-17(3)20(15-19-7-4-5-10-21(19)25)23(27-22)28-11-13-29(14-12-28)24(30)18-8-6-9-18/h4-5,7,10,16,18H,6,8-9,11-15H2,1-3H3. The second-order valence-corrected chi connectivity index (χ2v) is 8.83. The third-order valence-corrected chi connectivity index (χ3v) is 6.40. The maximum Gasteiger partial charge on any atom is 0.225 e. The minimum absolute atomic E-state index is 0.202. The zero-order valence-corrected chi connectivity index (χ0v) is 18.2. The van der Waals surface area contributed by atoms with E-state index in [1.54, 1.807) is 6.07 Å². The van der Waals surface area contributed by atoms with Crippen LogP contribution in [0.15, 0.2) is 24.3 Å². The molecule has 0 spiro atoms. The van der Waals surface area contributed by atoms with Gasteiger partial charge in [0.05, 0.1) is 0 Å². The van der Waals surface area contributed by atoms with Crippen LogP contribution in [-0.4, -0.2) is 47.0 Å². The van der Waals surface area contributed by atoms with E-state index >= 15 is 0 Å². The zero-order valence-electron chi connectivity index (χ0n) is 18.2. The Morgan fingerprint density at radius 2 is 1.83 bits per heavy atom. The van der Waals surface area contributed by atoms with E-state index in [2.05, 4.69) is 18.7 Å². The molecule has 160 valence electrons. The fourth-order valence-electron chi connectivity index (χ4n) is 4.21. The molecule has 1 saturated carbocycles. The molecule has 1 aliphatic carbocycles. The average Bonchev–Trinajstić information content (AvgIpc) is 2.69. The van der Waals surface area contributed by atoms with Gasteiger partial charge in [0.25, 0.3) is 0 Å². The van der Waals surface area contributed by atoms with Crippen LogP contribution in [0.5, 0.6) is 0 Å². The summed E-state index contributed by atoms with van der Waals surface area (Å²) in [5, 5.41) is 0. The lowest BCUT2D eigenvalue weighted by Crippen LogP contribution is -2.51. The van der Waals surface area contributed by atoms with Crippen LogP contribution in [0, 0.1) is 18.7 Å². The topological polar surface area (TPSA) is 49.3 Å². The van der Waals surface area contributed by atoms with Gasteiger partial charge in [-0.1, -0.05) is 38.5 Å². The highest BCUT2D eigenvalue weighted by Crippen LogP contribution is 2.30. The maximum absolute atomic E-state index is 14.3. The van der Waals surface area contributed by atoms with Crippen molar-refractivity contribution in [2.75, 3.05) is 31.1 Å². The summed E-state index contributed by atoms with van der Waals surface area (Å²) in [6.07, 6.45) is 3.71. The summed E-state index contributed by atoms with van der Waals surface area (Å²) in [6.45, 7) is 9.09. The van der Waals surface area contributed by atoms with E-state index in [-0.39, 0.29) is 17.7 Å². The van der Waals surface area contributed by atoms with E-state index < -0.39 is 0 Å². The number of carbonyl (C=O) groups is 1. The quantitative estimate of drug-likeness (QED) is 0.745. The highest BCUT2D eigenvalue weighted by molar-refractivity contribution is 5.80. The molecule has 6 heteroatoms. The number of aryl methyl sites for hydroxylation is 1. The lowest BCUT2D eigenvalue weighted by atomic mass is 9.84. The Kier molecular flexibility index (Phi) is 6.02. The summed E-state index contributed by atoms with van der Waals surface area (Å²) in [7, 11) is 0. The largest absolute Gasteiger partial charge is 0.353 e. The molecule has 0 bridgehead atoms. The molecule has 1 saturated heterocycles. The molecule has 0 unspecified atom stereocenters. The summed E-state index contributed by atoms with van der Waals surface area (Å²) in [6, 6.07) is 6.90. The Morgan fingerprint density at radius 1 is 1.13 bits per heavy atom. The van der Waals surface area contributed by atoms with Crippen LogP contribution in [0.4, 0.5) is 10.2 Å². The van der Waals surface area contributed by atoms with Gasteiger partial charge in [0.15, 0.2) is 0 Å². The van der Waals surface area contributed by atoms with E-state index in [4.69, 9.17) is 9.97 Å². The first-order valence-electron chi connectivity index (χ1n) is 11.1. The number of halogens is 1. The predicted octanol–water partition coefficient (Wildman–Crippen LogP) is 4.09. The average molecular weight is 411 g/mol. The molecule has 2 aromatic rings. The third kappa shape index (κ3) is 4.18. The number of anilines is 1. The summed E-state index contributed by atoms with van der Waals surface area (Å²) in [4.78, 5) is 26.5. The molecule has 1 aliphatic heterocycles. The molecule has 1 amide bonds. The number of hydrogen-bond acceptors (Lipinski definition) is 4. The Labute approximate surface area is 178 Å². The van der Waals surface area contributed by atoms with Crippen LogP contribution >= 0.6 is 0 Å². The Bertz CT molecular complexity index is 917. The van der Waals surface area contributed by atoms with Gasteiger partial charge in [-0.05, 0) is 31.4 Å². The van der Waals surface area contributed by atoms with Crippen molar-refractivity contribution in [3.63, 3.8) is 0 Å². The number of aromatic nitrogens is 2. The number of piperazine rings is 1. The molecule has 1 aromatic heterocycles. The number of rotatable bonds is 5. The molecular formula is C24H31FN4O. The maximum atomic E-state index is 14.3. The van der Waals surface area contributed by atoms with Crippen molar-refractivity contribution in [3.8, 4) is 0 Å². The molecule has 4 rings (SSSR count). The number of hydrogen-bond donors (Lipinski definition) is 0. The summed E-state index contributed by atoms with van der Waals surface area (Å²) >= 11 is 0. The van der Waals surface area contributed by atoms with Crippen LogP contribution < -0.4 is 4.90 Å². The molecule has 30 heavy (non-hydrogen) atoms. The van der Waals surface area contributed by atoms with Crippen LogP contribution in [0.2, 0.25) is 0 Å². The van der Waals surface area contributed by atoms with Crippen molar-refractivity contribution >= 4 is 11.7 Å². The van der Waals surface area contributed by atoms with Crippen molar-refractivity contribution in [1.29, 1.82) is 0 Å². The highest BCUT2D eigenvalue weighted by Gasteiger charge is 2.32. The number of benzene rings is 1. The SMILES string of the molecule is Cc1nc(C(C)C)nc(N2CCN(C(=O)C3CCC3)CC2)c1Cc1ccccc1F. The predicted molar refractivity (Wildman–Crippen MR) is 116 cm³/mol. The molecule has 2 heterocycles. The van der Waals surface area contributed by atoms with Crippen molar-refractivity contribution in [1.82, 2.24) is 14.9 Å². The molecule has 0 atom stereocenters. The highest BCUT2D eigenvalue weighted by atomic mass is 19.1. The normalized spacial score (nSPS) is 17.4. The first-order chi connectivity index (χ1) is 14.4. The van der Waals surface area contributed by atoms with Gasteiger partial charge in [-0.15, -0.1) is 0 Å². The zero-order chi connectivity index (χ0) is 21.3. The van der Waals surface area contributed by atoms with Gasteiger partial charge in [0.1, 0.15) is 17.5 Å². The van der Waals surface area contributed by atoms with E-state index in [0.29, 0.717) is 31.0 Å². The van der Waals surface area contributed by atoms with E-state index in [0.717, 1.165) is 48.8 Å². The monoisotopic (exact) mass is 410 g/mol. The molecule has 0 radical (unpaired) electrons. The number of carbonyl (C=O) groups excluding carboxylic acids is 1. The van der Waals surface area contributed by atoms with Crippen LogP contribution in [0.25, 0.3) is 0 Å². The third-order valence-electron chi connectivity index (χ3n) is 6.40. The number of amides is 1. The van der Waals surface area contributed by atoms with Gasteiger partial charge < -0.3 is 9.80 Å². The Morgan fingerprint density at radius 3 is 2.43 bits per heavy atom. The lowest BCUT2D eigenvalue weighted by Gasteiger charge is -2.39. The minimum atomic E-state index is -0.202. The Balaban J connectivity index is 1.59. The minimum Gasteiger partial charge on any atom is -0.353 e. The van der Waals surface area contributed by atoms with Crippen molar-refractivity contribution in [2.24, 2.45) is 5.92 Å². The van der Waals surface area contributed by atoms with Gasteiger partial charge in [-0.3, -0.25) is 4.79 Å². The second kappa shape index (κ2) is 8.70. The molecule has 1 aromatic carbocycles. The molecule has 0 N–H and O–H groups in total. The van der Waals surface area contributed by atoms with Gasteiger partial charge in [-0.2, -0.15) is 0 Å². The van der Waals surface area contributed by atoms with Gasteiger partial charge in [0.2, 0.25) is 5.91 Å². The van der Waals surface area contributed by atoms with Crippen molar-refractivity contribution in [2.45, 2.75) is 52.4 Å². The van der Waals surface area contributed by atoms with E-state index in [1.165, 1.54) is 12.5 Å². The number of nitrogens with zero attached hydrogens (tertiary/aromatic N) is 4. The Hall–Kier alpha value is -2.50. The lowest BCUT2D eigenvalue weighted by molar-refractivity contribution is -0.138. The van der Waals surface area contributed by atoms with E-state index in [9.17, 15) is 9.18 Å². The van der Waals surface area contributed by atoms with Gasteiger partial charge in [-0.25, -0.2) is 14.4 Å². The van der Waals surface area contributed by atoms with Crippen LogP contribution in [0.1, 0.15) is 61.7 Å². The molecule has 5 nitrogen and oxygen atoms in total. The molecule has 2 fully saturated rings. The van der Waals surface area contributed by atoms with Crippen molar-refractivity contribution in [3.05, 3.63) is 52.7 Å². The first kappa shape index (κ1) is 20.8. The fourth-order valence-corrected chi connectivity index (χ4v) is 4.21. The van der Waals surface area contributed by atoms with Crippen LogP contribution in [-0.2, 0) is 11.2 Å². The molecule has 2 aliphatic rings. The molecular weight excluding hydrogens is 379 g/mol. The van der Waals surface area contributed by atoms with Crippen molar-refractivity contribution < 1.29 is 9.18 Å². The van der Waals surface area contributed by atoms with Gasteiger partial charge in [0, 0.05) is 55.7 Å². The fraction of sp³-hybridized carbons (Fsp3) is 0.542. The van der Waals surface area contributed by atoms with E-state index in [1.807, 2.05) is 24.0 Å². The first-order valence-corrected chi connectivity index (χ1v) is 11.1. The van der Waals surface area contributed by atoms with Crippen LogP contribution in [0.3, 0.4) is 0 Å². The summed E-state index contributed by atoms with van der Waals surface area (Å²) in [5.41, 5.74) is 2.53. The second-order valence-electron chi connectivity index (χ2n) is 8.83. The summed E-state index contributed by atoms with van der Waals surface area (Å²) in [5.74, 6) is 2.27.